The molecule has 4 N–H and O–H groups in total. The first-order chi connectivity index (χ1) is 10.0. The van der Waals surface area contributed by atoms with Crippen molar-refractivity contribution in [2.45, 2.75) is 44.6 Å². The third-order valence-electron chi connectivity index (χ3n) is 3.61. The molecule has 0 aromatic rings. The van der Waals surface area contributed by atoms with E-state index in [9.17, 15) is 25.2 Å². The number of unbranched alkanes of at least 4 members (excludes halogenated alkanes) is 2. The van der Waals surface area contributed by atoms with Gasteiger partial charge in [0.1, 0.15) is 0 Å². The van der Waals surface area contributed by atoms with Crippen molar-refractivity contribution < 1.29 is 30.0 Å². The lowest BCUT2D eigenvalue weighted by Crippen LogP contribution is -2.34. The van der Waals surface area contributed by atoms with Crippen LogP contribution in [0.25, 0.3) is 0 Å². The van der Waals surface area contributed by atoms with Gasteiger partial charge in [-0.15, -0.1) is 0 Å². The first kappa shape index (κ1) is 20.1. The highest BCUT2D eigenvalue weighted by Crippen LogP contribution is 2.24. The van der Waals surface area contributed by atoms with Gasteiger partial charge in [-0.05, 0) is 32.1 Å². The molecule has 6 heteroatoms. The van der Waals surface area contributed by atoms with Crippen molar-refractivity contribution in [1.29, 1.82) is 0 Å². The monoisotopic (exact) mass is 304 g/mol. The summed E-state index contributed by atoms with van der Waals surface area (Å²) in [5, 5.41) is 37.4. The molecule has 0 aromatic heterocycles. The van der Waals surface area contributed by atoms with Crippen LogP contribution in [-0.2, 0) is 9.53 Å². The minimum absolute atomic E-state index is 0.304. The summed E-state index contributed by atoms with van der Waals surface area (Å²) in [6.45, 7) is 2.74. The van der Waals surface area contributed by atoms with Crippen LogP contribution in [0, 0.1) is 5.41 Å². The van der Waals surface area contributed by atoms with Crippen LogP contribution in [0.5, 0.6) is 0 Å². The average Bonchev–Trinajstić information content (AvgIpc) is 2.52. The van der Waals surface area contributed by atoms with Gasteiger partial charge < -0.3 is 25.2 Å². The van der Waals surface area contributed by atoms with Gasteiger partial charge in [0.25, 0.3) is 0 Å². The number of hydrogen-bond donors (Lipinski definition) is 4. The molecular weight excluding hydrogens is 276 g/mol. The standard InChI is InChI=1S/C15H28O6/c1-2-14(20)21-9-5-3-4-6-13(19)7-8-15(10-16,11-17)12-18/h2,13,16-19H,1,3-12H2. The topological polar surface area (TPSA) is 107 Å². The van der Waals surface area contributed by atoms with Crippen molar-refractivity contribution in [3.63, 3.8) is 0 Å². The number of ether oxygens (including phenoxy) is 1. The SMILES string of the molecule is C=CC(=O)OCCCCCC(O)CCC(CO)(CO)CO. The van der Waals surface area contributed by atoms with E-state index < -0.39 is 17.5 Å². The van der Waals surface area contributed by atoms with E-state index in [1.165, 1.54) is 0 Å². The molecule has 0 saturated heterocycles. The predicted octanol–water partition coefficient (Wildman–Crippen LogP) is 0.380. The van der Waals surface area contributed by atoms with E-state index in [1.807, 2.05) is 0 Å². The lowest BCUT2D eigenvalue weighted by Gasteiger charge is -2.28. The molecule has 6 nitrogen and oxygen atoms in total. The van der Waals surface area contributed by atoms with E-state index in [2.05, 4.69) is 6.58 Å². The van der Waals surface area contributed by atoms with Gasteiger partial charge >= 0.3 is 5.97 Å². The lowest BCUT2D eigenvalue weighted by atomic mass is 9.84. The van der Waals surface area contributed by atoms with Gasteiger partial charge in [-0.2, -0.15) is 0 Å². The summed E-state index contributed by atoms with van der Waals surface area (Å²) in [5.74, 6) is -0.427. The molecule has 0 aliphatic heterocycles. The van der Waals surface area contributed by atoms with Crippen LogP contribution < -0.4 is 0 Å². The summed E-state index contributed by atoms with van der Waals surface area (Å²) in [5.41, 5.74) is -0.917. The third kappa shape index (κ3) is 8.83. The first-order valence-corrected chi connectivity index (χ1v) is 7.33. The quantitative estimate of drug-likeness (QED) is 0.223. The average molecular weight is 304 g/mol. The minimum atomic E-state index is -0.917. The fourth-order valence-corrected chi connectivity index (χ4v) is 1.89. The molecule has 0 radical (unpaired) electrons. The van der Waals surface area contributed by atoms with Gasteiger partial charge in [0.05, 0.1) is 32.5 Å². The Morgan fingerprint density at radius 1 is 1.10 bits per heavy atom. The Labute approximate surface area is 126 Å². The molecule has 124 valence electrons. The first-order valence-electron chi connectivity index (χ1n) is 7.33. The zero-order chi connectivity index (χ0) is 16.1. The van der Waals surface area contributed by atoms with E-state index in [0.717, 1.165) is 25.3 Å². The molecule has 1 unspecified atom stereocenters. The van der Waals surface area contributed by atoms with E-state index >= 15 is 0 Å². The molecule has 0 aromatic carbocycles. The summed E-state index contributed by atoms with van der Waals surface area (Å²) in [6.07, 6.45) is 4.38. The summed E-state index contributed by atoms with van der Waals surface area (Å²) in [7, 11) is 0. The summed E-state index contributed by atoms with van der Waals surface area (Å²) in [6, 6.07) is 0. The fourth-order valence-electron chi connectivity index (χ4n) is 1.89. The van der Waals surface area contributed by atoms with Gasteiger partial charge in [0.2, 0.25) is 0 Å². The zero-order valence-electron chi connectivity index (χ0n) is 12.5. The molecule has 0 bridgehead atoms. The molecule has 0 fully saturated rings. The van der Waals surface area contributed by atoms with Crippen molar-refractivity contribution in [3.8, 4) is 0 Å². The van der Waals surface area contributed by atoms with Gasteiger partial charge in [-0.1, -0.05) is 13.0 Å². The van der Waals surface area contributed by atoms with E-state index in [0.29, 0.717) is 25.9 Å². The molecule has 21 heavy (non-hydrogen) atoms. The molecule has 0 aliphatic carbocycles. The molecule has 0 rings (SSSR count). The summed E-state index contributed by atoms with van der Waals surface area (Å²) >= 11 is 0. The normalized spacial score (nSPS) is 13.0. The number of aliphatic hydroxyl groups is 4. The second kappa shape index (κ2) is 11.7. The Morgan fingerprint density at radius 2 is 1.71 bits per heavy atom. The van der Waals surface area contributed by atoms with Crippen molar-refractivity contribution in [1.82, 2.24) is 0 Å². The molecule has 0 aliphatic rings. The number of aliphatic hydroxyl groups excluding tert-OH is 4. The van der Waals surface area contributed by atoms with Crippen molar-refractivity contribution in [2.75, 3.05) is 26.4 Å². The van der Waals surface area contributed by atoms with Crippen molar-refractivity contribution in [3.05, 3.63) is 12.7 Å². The van der Waals surface area contributed by atoms with E-state index in [4.69, 9.17) is 4.74 Å². The van der Waals surface area contributed by atoms with Crippen molar-refractivity contribution >= 4 is 5.97 Å². The number of hydrogen-bond acceptors (Lipinski definition) is 6. The number of esters is 1. The fraction of sp³-hybridized carbons (Fsp3) is 0.800. The highest BCUT2D eigenvalue weighted by atomic mass is 16.5. The smallest absolute Gasteiger partial charge is 0.330 e. The third-order valence-corrected chi connectivity index (χ3v) is 3.61. The Bertz CT molecular complexity index is 280. The van der Waals surface area contributed by atoms with E-state index in [-0.39, 0.29) is 19.8 Å². The Kier molecular flexibility index (Phi) is 11.2. The number of carbonyl (C=O) groups excluding carboxylic acids is 1. The minimum Gasteiger partial charge on any atom is -0.463 e. The van der Waals surface area contributed by atoms with Crippen LogP contribution in [0.1, 0.15) is 38.5 Å². The van der Waals surface area contributed by atoms with Crippen LogP contribution in [0.3, 0.4) is 0 Å². The van der Waals surface area contributed by atoms with Gasteiger partial charge in [-0.25, -0.2) is 4.79 Å². The highest BCUT2D eigenvalue weighted by molar-refractivity contribution is 5.81. The van der Waals surface area contributed by atoms with Gasteiger partial charge in [-0.3, -0.25) is 0 Å². The largest absolute Gasteiger partial charge is 0.463 e. The molecule has 0 amide bonds. The second-order valence-electron chi connectivity index (χ2n) is 5.39. The molecule has 0 heterocycles. The zero-order valence-corrected chi connectivity index (χ0v) is 12.5. The predicted molar refractivity (Wildman–Crippen MR) is 78.6 cm³/mol. The summed E-state index contributed by atoms with van der Waals surface area (Å²) < 4.78 is 4.83. The number of rotatable bonds is 13. The van der Waals surface area contributed by atoms with E-state index in [1.54, 1.807) is 0 Å². The molecule has 0 spiro atoms. The molecular formula is C15H28O6. The maximum atomic E-state index is 10.8. The second-order valence-corrected chi connectivity index (χ2v) is 5.39. The summed E-state index contributed by atoms with van der Waals surface area (Å²) in [4.78, 5) is 10.8. The Hall–Kier alpha value is -0.950. The van der Waals surface area contributed by atoms with Crippen LogP contribution in [0.15, 0.2) is 12.7 Å². The van der Waals surface area contributed by atoms with Crippen LogP contribution >= 0.6 is 0 Å². The van der Waals surface area contributed by atoms with Crippen molar-refractivity contribution in [2.24, 2.45) is 5.41 Å². The van der Waals surface area contributed by atoms with Crippen LogP contribution in [-0.4, -0.2) is 58.9 Å². The Morgan fingerprint density at radius 3 is 2.24 bits per heavy atom. The van der Waals surface area contributed by atoms with Crippen LogP contribution in [0.4, 0.5) is 0 Å². The molecule has 1 atom stereocenters. The Balaban J connectivity index is 3.69. The number of carbonyl (C=O) groups is 1. The van der Waals surface area contributed by atoms with Gasteiger partial charge in [0.15, 0.2) is 0 Å². The lowest BCUT2D eigenvalue weighted by molar-refractivity contribution is -0.137. The van der Waals surface area contributed by atoms with Gasteiger partial charge in [0, 0.05) is 11.5 Å². The maximum Gasteiger partial charge on any atom is 0.330 e. The molecule has 0 saturated carbocycles. The van der Waals surface area contributed by atoms with Crippen LogP contribution in [0.2, 0.25) is 0 Å². The maximum absolute atomic E-state index is 10.8. The highest BCUT2D eigenvalue weighted by Gasteiger charge is 2.28.